The van der Waals surface area contributed by atoms with Crippen LogP contribution in [0.4, 0.5) is 0 Å². The summed E-state index contributed by atoms with van der Waals surface area (Å²) in [6.07, 6.45) is -0.942. The van der Waals surface area contributed by atoms with Gasteiger partial charge < -0.3 is 33.4 Å². The molecule has 5 rings (SSSR count). The first-order valence-corrected chi connectivity index (χ1v) is 18.9. The Bertz CT molecular complexity index is 1240. The van der Waals surface area contributed by atoms with E-state index in [1.54, 1.807) is 35.5 Å². The zero-order valence-corrected chi connectivity index (χ0v) is 27.8. The van der Waals surface area contributed by atoms with Crippen LogP contribution in [0.15, 0.2) is 51.8 Å². The fourth-order valence-corrected chi connectivity index (χ4v) is 17.8. The molecule has 13 heteroatoms. The third kappa shape index (κ3) is 4.98. The van der Waals surface area contributed by atoms with Crippen molar-refractivity contribution >= 4 is 35.7 Å². The number of rotatable bonds is 6. The van der Waals surface area contributed by atoms with Crippen LogP contribution in [0.1, 0.15) is 65.7 Å². The molecule has 1 aromatic rings. The van der Waals surface area contributed by atoms with E-state index in [9.17, 15) is 9.90 Å². The molecule has 4 heterocycles. The average Bonchev–Trinajstić information content (AvgIpc) is 3.50. The summed E-state index contributed by atoms with van der Waals surface area (Å²) in [5.74, 6) is -0.0648. The Balaban J connectivity index is 1.50. The van der Waals surface area contributed by atoms with E-state index >= 15 is 0 Å². The number of carbonyl (C=O) groups excluding carboxylic acids is 1. The van der Waals surface area contributed by atoms with E-state index in [2.05, 4.69) is 65.4 Å². The minimum absolute atomic E-state index is 0.103. The van der Waals surface area contributed by atoms with Gasteiger partial charge in [0.25, 0.3) is 5.91 Å². The summed E-state index contributed by atoms with van der Waals surface area (Å²) < 4.78 is 27.8. The highest BCUT2D eigenvalue weighted by Gasteiger charge is 2.62. The molecule has 0 spiro atoms. The van der Waals surface area contributed by atoms with Gasteiger partial charge in [0.05, 0.1) is 12.9 Å². The fraction of sp³-hybridized carbons (Fsp3) is 0.621. The van der Waals surface area contributed by atoms with Gasteiger partial charge in [-0.05, 0) is 34.3 Å². The minimum Gasteiger partial charge on any atom is -0.414 e. The van der Waals surface area contributed by atoms with E-state index in [0.717, 1.165) is 0 Å². The van der Waals surface area contributed by atoms with E-state index in [1.165, 1.54) is 11.2 Å². The number of hydrogen-bond acceptors (Lipinski definition) is 10. The summed E-state index contributed by atoms with van der Waals surface area (Å²) in [5, 5.41) is 11.9. The highest BCUT2D eigenvalue weighted by molar-refractivity contribution is 6.84. The number of amides is 1. The maximum atomic E-state index is 13.6. The first kappa shape index (κ1) is 31.0. The lowest BCUT2D eigenvalue weighted by atomic mass is 10.1. The second-order valence-corrected chi connectivity index (χ2v) is 21.6. The summed E-state index contributed by atoms with van der Waals surface area (Å²) in [5.41, 5.74) is 7.70. The Morgan fingerprint density at radius 3 is 2.17 bits per heavy atom. The fourth-order valence-electron chi connectivity index (χ4n) is 6.61. The van der Waals surface area contributed by atoms with Crippen molar-refractivity contribution in [2.24, 2.45) is 15.7 Å². The standard InChI is InChI=1S/C29H45N5O6Si2/c1-17(2)41(18(3)4)37-14-22-25(39-42(40-41,19(5)6)20(7)8)24(35)29(38-22)34-15-31-23-26(30)32-16-33(27(23)34)28(36)21-12-10-9-11-13-21/h9-13,15-20,22,24-25,27,29,35H,14,30H2,1-8H3/t22-,24-,25-,27?,29-/m1/s1. The summed E-state index contributed by atoms with van der Waals surface area (Å²) in [6.45, 7) is 17.5. The molecule has 0 saturated carbocycles. The zero-order valence-electron chi connectivity index (χ0n) is 25.8. The lowest BCUT2D eigenvalue weighted by Crippen LogP contribution is -2.66. The van der Waals surface area contributed by atoms with Crippen LogP contribution in [0.25, 0.3) is 0 Å². The number of fused-ring (bicyclic) bond motifs is 2. The lowest BCUT2D eigenvalue weighted by Gasteiger charge is -2.51. The predicted molar refractivity (Wildman–Crippen MR) is 165 cm³/mol. The number of aliphatic hydroxyl groups excluding tert-OH is 1. The third-order valence-electron chi connectivity index (χ3n) is 8.89. The highest BCUT2D eigenvalue weighted by Crippen LogP contribution is 2.48. The molecule has 3 N–H and O–H groups in total. The molecule has 230 valence electrons. The Morgan fingerprint density at radius 1 is 0.952 bits per heavy atom. The number of aliphatic hydroxyl groups is 1. The first-order valence-electron chi connectivity index (χ1n) is 14.9. The number of benzene rings is 1. The normalized spacial score (nSPS) is 30.4. The van der Waals surface area contributed by atoms with Crippen LogP contribution in [-0.4, -0.2) is 87.9 Å². The van der Waals surface area contributed by atoms with Crippen LogP contribution in [-0.2, 0) is 17.7 Å². The molecule has 4 aliphatic heterocycles. The monoisotopic (exact) mass is 615 g/mol. The number of aliphatic imine (C=N–C) groups is 2. The molecular weight excluding hydrogens is 571 g/mol. The minimum atomic E-state index is -2.97. The first-order chi connectivity index (χ1) is 19.8. The van der Waals surface area contributed by atoms with Crippen molar-refractivity contribution in [2.45, 2.75) is 108 Å². The van der Waals surface area contributed by atoms with Crippen molar-refractivity contribution in [3.8, 4) is 0 Å². The van der Waals surface area contributed by atoms with Gasteiger partial charge >= 0.3 is 17.1 Å². The predicted octanol–water partition coefficient (Wildman–Crippen LogP) is 4.01. The van der Waals surface area contributed by atoms with Gasteiger partial charge in [0.1, 0.15) is 30.3 Å². The molecule has 5 atom stereocenters. The smallest absolute Gasteiger partial charge is 0.335 e. The van der Waals surface area contributed by atoms with Gasteiger partial charge in [-0.15, -0.1) is 0 Å². The molecular formula is C29H45N5O6Si2. The lowest BCUT2D eigenvalue weighted by molar-refractivity contribution is -0.0861. The number of hydrogen-bond donors (Lipinski definition) is 2. The van der Waals surface area contributed by atoms with E-state index in [-0.39, 0.29) is 40.5 Å². The van der Waals surface area contributed by atoms with Crippen molar-refractivity contribution in [3.63, 3.8) is 0 Å². The van der Waals surface area contributed by atoms with Gasteiger partial charge in [0.15, 0.2) is 18.2 Å². The number of carbonyl (C=O) groups is 1. The van der Waals surface area contributed by atoms with Crippen LogP contribution in [0.5, 0.6) is 0 Å². The molecule has 4 aliphatic rings. The largest absolute Gasteiger partial charge is 0.414 e. The molecule has 2 saturated heterocycles. The Hall–Kier alpha value is -2.40. The molecule has 2 fully saturated rings. The van der Waals surface area contributed by atoms with E-state index in [0.29, 0.717) is 11.3 Å². The topological polar surface area (TPSA) is 131 Å². The van der Waals surface area contributed by atoms with Crippen LogP contribution in [0.3, 0.4) is 0 Å². The summed E-state index contributed by atoms with van der Waals surface area (Å²) in [6, 6.07) is 8.95. The van der Waals surface area contributed by atoms with Gasteiger partial charge in [-0.2, -0.15) is 0 Å². The molecule has 11 nitrogen and oxygen atoms in total. The van der Waals surface area contributed by atoms with Crippen LogP contribution in [0, 0.1) is 0 Å². The van der Waals surface area contributed by atoms with Crippen molar-refractivity contribution in [1.29, 1.82) is 0 Å². The maximum Gasteiger partial charge on any atom is 0.335 e. The van der Waals surface area contributed by atoms with Gasteiger partial charge in [-0.25, -0.2) is 9.98 Å². The molecule has 42 heavy (non-hydrogen) atoms. The number of ether oxygens (including phenoxy) is 1. The van der Waals surface area contributed by atoms with Crippen molar-refractivity contribution in [3.05, 3.63) is 47.4 Å². The van der Waals surface area contributed by atoms with E-state index < -0.39 is 47.8 Å². The third-order valence-corrected chi connectivity index (χ3v) is 19.1. The quantitative estimate of drug-likeness (QED) is 0.459. The average molecular weight is 616 g/mol. The van der Waals surface area contributed by atoms with E-state index in [4.69, 9.17) is 23.4 Å². The molecule has 0 bridgehead atoms. The number of nitrogens with two attached hydrogens (primary N) is 1. The van der Waals surface area contributed by atoms with Crippen LogP contribution in [0.2, 0.25) is 22.2 Å². The van der Waals surface area contributed by atoms with Crippen molar-refractivity contribution in [2.75, 3.05) is 6.61 Å². The van der Waals surface area contributed by atoms with Crippen molar-refractivity contribution < 1.29 is 27.6 Å². The summed E-state index contributed by atoms with van der Waals surface area (Å²) in [7, 11) is -5.75. The summed E-state index contributed by atoms with van der Waals surface area (Å²) in [4.78, 5) is 25.5. The molecule has 1 amide bonds. The molecule has 0 aliphatic carbocycles. The van der Waals surface area contributed by atoms with E-state index in [1.807, 2.05) is 6.07 Å². The summed E-state index contributed by atoms with van der Waals surface area (Å²) >= 11 is 0. The van der Waals surface area contributed by atoms with Crippen LogP contribution < -0.4 is 5.73 Å². The van der Waals surface area contributed by atoms with Crippen LogP contribution >= 0.6 is 0 Å². The Labute approximate surface area is 250 Å². The second kappa shape index (κ2) is 11.6. The van der Waals surface area contributed by atoms with Gasteiger partial charge in [0, 0.05) is 5.56 Å². The zero-order chi connectivity index (χ0) is 30.6. The molecule has 1 aromatic carbocycles. The van der Waals surface area contributed by atoms with Gasteiger partial charge in [-0.1, -0.05) is 73.6 Å². The van der Waals surface area contributed by atoms with Crippen molar-refractivity contribution in [1.82, 2.24) is 9.80 Å². The highest BCUT2D eigenvalue weighted by atomic mass is 28.5. The number of nitrogens with zero attached hydrogens (tertiary/aromatic N) is 4. The molecule has 0 aromatic heterocycles. The van der Waals surface area contributed by atoms with Gasteiger partial charge in [0.2, 0.25) is 0 Å². The van der Waals surface area contributed by atoms with Gasteiger partial charge in [-0.3, -0.25) is 9.69 Å². The maximum absolute atomic E-state index is 13.6. The Morgan fingerprint density at radius 2 is 1.57 bits per heavy atom. The molecule has 0 radical (unpaired) electrons. The Kier molecular flexibility index (Phi) is 8.57. The molecule has 1 unspecified atom stereocenters. The second-order valence-electron chi connectivity index (χ2n) is 12.8. The SMILES string of the molecule is CC(C)[Si]1(C(C)C)OC[C@H]2O[C@@H](N3C=NC4=C(N)N=CN(C(=O)c5ccccc5)C43)[C@H](O)[C@@H]2O[Si](C(C)C)(C(C)C)O1.